The molecule has 0 radical (unpaired) electrons. The van der Waals surface area contributed by atoms with Crippen molar-refractivity contribution in [3.05, 3.63) is 89.7 Å². The molecule has 0 unspecified atom stereocenters. The first-order valence-corrected chi connectivity index (χ1v) is 12.6. The van der Waals surface area contributed by atoms with E-state index < -0.39 is 5.97 Å². The molecule has 1 heterocycles. The molecule has 0 atom stereocenters. The van der Waals surface area contributed by atoms with Crippen LogP contribution in [0.2, 0.25) is 0 Å². The lowest BCUT2D eigenvalue weighted by atomic mass is 10.1. The molecule has 3 aromatic carbocycles. The van der Waals surface area contributed by atoms with E-state index in [0.29, 0.717) is 37.3 Å². The van der Waals surface area contributed by atoms with Gasteiger partial charge in [0.15, 0.2) is 0 Å². The van der Waals surface area contributed by atoms with Crippen LogP contribution in [0.25, 0.3) is 11.0 Å². The Hall–Kier alpha value is -4.41. The molecule has 11 heteroatoms. The van der Waals surface area contributed by atoms with Crippen LogP contribution in [-0.2, 0) is 18.4 Å². The van der Waals surface area contributed by atoms with Gasteiger partial charge in [-0.15, -0.1) is 12.4 Å². The fourth-order valence-electron chi connectivity index (χ4n) is 4.27. The summed E-state index contributed by atoms with van der Waals surface area (Å²) in [5, 5.41) is 19.8. The molecule has 10 nitrogen and oxygen atoms in total. The molecule has 0 aliphatic rings. The number of carbonyl (C=O) groups excluding carboxylic acids is 1. The lowest BCUT2D eigenvalue weighted by Crippen LogP contribution is -2.38. The number of para-hydroxylation sites is 1. The van der Waals surface area contributed by atoms with Crippen LogP contribution in [0.5, 0.6) is 0 Å². The van der Waals surface area contributed by atoms with Crippen LogP contribution in [0.15, 0.2) is 72.8 Å². The number of halogens is 1. The van der Waals surface area contributed by atoms with Gasteiger partial charge >= 0.3 is 5.97 Å². The molecule has 0 spiro atoms. The zero-order valence-electron chi connectivity index (χ0n) is 22.5. The van der Waals surface area contributed by atoms with E-state index in [1.165, 1.54) is 0 Å². The fraction of sp³-hybridized carbons (Fsp3) is 0.241. The van der Waals surface area contributed by atoms with Crippen molar-refractivity contribution in [2.45, 2.75) is 13.0 Å². The van der Waals surface area contributed by atoms with E-state index >= 15 is 0 Å². The number of carboxylic acid groups (broad SMARTS) is 1. The highest BCUT2D eigenvalue weighted by atomic mass is 35.5. The summed E-state index contributed by atoms with van der Waals surface area (Å²) in [5.41, 5.74) is 10.0. The monoisotopic (exact) mass is 563 g/mol. The number of hydrogen-bond acceptors (Lipinski definition) is 6. The maximum atomic E-state index is 13.7. The number of imidazole rings is 1. The van der Waals surface area contributed by atoms with E-state index in [-0.39, 0.29) is 30.6 Å². The fourth-order valence-corrected chi connectivity index (χ4v) is 4.27. The smallest absolute Gasteiger partial charge is 0.304 e. The molecule has 0 fully saturated rings. The normalized spacial score (nSPS) is 10.8. The van der Waals surface area contributed by atoms with Gasteiger partial charge in [0.1, 0.15) is 11.7 Å². The molecule has 4 aromatic rings. The summed E-state index contributed by atoms with van der Waals surface area (Å²) in [4.78, 5) is 33.0. The molecule has 0 aliphatic heterocycles. The molecule has 0 aliphatic carbocycles. The van der Waals surface area contributed by atoms with E-state index in [0.717, 1.165) is 28.2 Å². The topological polar surface area (TPSA) is 141 Å². The third-order valence-corrected chi connectivity index (χ3v) is 6.59. The van der Waals surface area contributed by atoms with Crippen LogP contribution in [0, 0.1) is 5.41 Å². The quantitative estimate of drug-likeness (QED) is 0.151. The first kappa shape index (κ1) is 30.1. The zero-order valence-corrected chi connectivity index (χ0v) is 23.3. The molecule has 1 amide bonds. The zero-order chi connectivity index (χ0) is 27.9. The Balaban J connectivity index is 0.00000441. The third-order valence-electron chi connectivity index (χ3n) is 6.59. The number of nitrogens with one attached hydrogen (secondary N) is 2. The lowest BCUT2D eigenvalue weighted by molar-refractivity contribution is -0.137. The number of benzene rings is 3. The van der Waals surface area contributed by atoms with Crippen LogP contribution in [0.1, 0.15) is 28.2 Å². The van der Waals surface area contributed by atoms with Crippen LogP contribution < -0.4 is 16.0 Å². The van der Waals surface area contributed by atoms with Gasteiger partial charge in [0.2, 0.25) is 0 Å². The number of hydrogen-bond donors (Lipinski definition) is 4. The van der Waals surface area contributed by atoms with Crippen LogP contribution in [0.3, 0.4) is 0 Å². The minimum Gasteiger partial charge on any atom is -0.481 e. The number of nitrogens with two attached hydrogens (primary N) is 1. The summed E-state index contributed by atoms with van der Waals surface area (Å²) >= 11 is 0. The molecular formula is C29H34ClN7O3. The first-order chi connectivity index (χ1) is 18.7. The highest BCUT2D eigenvalue weighted by Gasteiger charge is 2.20. The number of fused-ring (bicyclic) bond motifs is 1. The average Bonchev–Trinajstić information content (AvgIpc) is 3.26. The highest BCUT2D eigenvalue weighted by molar-refractivity contribution is 6.07. The molecule has 4 rings (SSSR count). The summed E-state index contributed by atoms with van der Waals surface area (Å²) in [5.74, 6) is -0.156. The van der Waals surface area contributed by atoms with E-state index in [1.54, 1.807) is 17.0 Å². The van der Waals surface area contributed by atoms with Crippen molar-refractivity contribution in [3.8, 4) is 0 Å². The molecule has 1 aromatic heterocycles. The molecule has 0 saturated heterocycles. The summed E-state index contributed by atoms with van der Waals surface area (Å²) in [7, 11) is 3.79. The Morgan fingerprint density at radius 2 is 1.68 bits per heavy atom. The molecule has 0 saturated carbocycles. The van der Waals surface area contributed by atoms with E-state index in [4.69, 9.17) is 21.2 Å². The van der Waals surface area contributed by atoms with Crippen molar-refractivity contribution in [2.75, 3.05) is 36.9 Å². The largest absolute Gasteiger partial charge is 0.481 e. The molecule has 0 bridgehead atoms. The minimum atomic E-state index is -0.845. The number of amides is 1. The average molecular weight is 564 g/mol. The number of aromatic nitrogens is 2. The Bertz CT molecular complexity index is 1470. The number of likely N-dealkylation sites (N-methyl/N-ethyl adjacent to an activating group) is 1. The van der Waals surface area contributed by atoms with Crippen molar-refractivity contribution in [3.63, 3.8) is 0 Å². The maximum absolute atomic E-state index is 13.7. The standard InChI is InChI=1S/C29H33N7O3.ClH/c1-34(15-14-27(37)38)16-17-36(23-6-4-3-5-7-23)29(39)21-10-13-25-24(18-21)33-26(35(25)2)19-32-22-11-8-20(9-12-22)28(30)31;/h3-13,18,32H,14-17,19H2,1-2H3,(H3,30,31)(H,37,38);1H. The number of amidine groups is 1. The van der Waals surface area contributed by atoms with E-state index in [2.05, 4.69) is 5.32 Å². The van der Waals surface area contributed by atoms with Crippen LogP contribution in [0.4, 0.5) is 11.4 Å². The second-order valence-corrected chi connectivity index (χ2v) is 9.37. The second kappa shape index (κ2) is 13.6. The number of carbonyl (C=O) groups is 2. The van der Waals surface area contributed by atoms with E-state index in [1.807, 2.05) is 84.2 Å². The maximum Gasteiger partial charge on any atom is 0.304 e. The number of rotatable bonds is 12. The van der Waals surface area contributed by atoms with Gasteiger partial charge in [-0.2, -0.15) is 0 Å². The van der Waals surface area contributed by atoms with Crippen LogP contribution >= 0.6 is 12.4 Å². The lowest BCUT2D eigenvalue weighted by Gasteiger charge is -2.26. The number of anilines is 2. The number of nitrogen functional groups attached to an aromatic ring is 1. The number of aliphatic carboxylic acids is 1. The van der Waals surface area contributed by atoms with Gasteiger partial charge in [0.05, 0.1) is 24.0 Å². The van der Waals surface area contributed by atoms with Gasteiger partial charge in [-0.05, 0) is 61.6 Å². The molecule has 5 N–H and O–H groups in total. The SMILES string of the molecule is CN(CCC(=O)O)CCN(C(=O)c1ccc2c(c1)nc(CNc1ccc(C(=N)N)cc1)n2C)c1ccccc1.Cl. The summed E-state index contributed by atoms with van der Waals surface area (Å²) in [6.45, 7) is 1.83. The predicted octanol–water partition coefficient (Wildman–Crippen LogP) is 3.94. The van der Waals surface area contributed by atoms with Crippen molar-refractivity contribution < 1.29 is 14.7 Å². The number of aryl methyl sites for hydroxylation is 1. The minimum absolute atomic E-state index is 0. The summed E-state index contributed by atoms with van der Waals surface area (Å²) in [6, 6.07) is 22.3. The number of nitrogens with zero attached hydrogens (tertiary/aromatic N) is 4. The van der Waals surface area contributed by atoms with Gasteiger partial charge in [-0.1, -0.05) is 18.2 Å². The summed E-state index contributed by atoms with van der Waals surface area (Å²) in [6.07, 6.45) is 0.0487. The third kappa shape index (κ3) is 7.37. The Labute approximate surface area is 239 Å². The Morgan fingerprint density at radius 3 is 2.33 bits per heavy atom. The van der Waals surface area contributed by atoms with Crippen molar-refractivity contribution in [1.82, 2.24) is 14.5 Å². The molecule has 210 valence electrons. The Morgan fingerprint density at radius 1 is 1.00 bits per heavy atom. The number of carboxylic acids is 1. The van der Waals surface area contributed by atoms with Crippen LogP contribution in [-0.4, -0.2) is 64.0 Å². The highest BCUT2D eigenvalue weighted by Crippen LogP contribution is 2.22. The van der Waals surface area contributed by atoms with Crippen molar-refractivity contribution in [1.29, 1.82) is 5.41 Å². The van der Waals surface area contributed by atoms with Gasteiger partial charge < -0.3 is 30.5 Å². The summed E-state index contributed by atoms with van der Waals surface area (Å²) < 4.78 is 1.99. The predicted molar refractivity (Wildman–Crippen MR) is 161 cm³/mol. The van der Waals surface area contributed by atoms with Gasteiger partial charge in [0, 0.05) is 49.2 Å². The van der Waals surface area contributed by atoms with Gasteiger partial charge in [-0.25, -0.2) is 4.98 Å². The molecular weight excluding hydrogens is 530 g/mol. The first-order valence-electron chi connectivity index (χ1n) is 12.6. The second-order valence-electron chi connectivity index (χ2n) is 9.37. The van der Waals surface area contributed by atoms with Gasteiger partial charge in [0.25, 0.3) is 5.91 Å². The van der Waals surface area contributed by atoms with Gasteiger partial charge in [-0.3, -0.25) is 15.0 Å². The van der Waals surface area contributed by atoms with Crippen molar-refractivity contribution in [2.24, 2.45) is 12.8 Å². The van der Waals surface area contributed by atoms with E-state index in [9.17, 15) is 9.59 Å². The van der Waals surface area contributed by atoms with Crippen molar-refractivity contribution >= 4 is 52.5 Å². The Kier molecular flexibility index (Phi) is 10.2. The molecule has 40 heavy (non-hydrogen) atoms.